The number of carbonyl (C=O) groups is 1. The maximum Gasteiger partial charge on any atom is 0.298 e. The fourth-order valence-corrected chi connectivity index (χ4v) is 3.80. The average molecular weight is 388 g/mol. The molecule has 8 heteroatoms. The van der Waals surface area contributed by atoms with Crippen LogP contribution in [-0.2, 0) is 20.8 Å². The van der Waals surface area contributed by atoms with Crippen LogP contribution in [0.2, 0.25) is 5.02 Å². The summed E-state index contributed by atoms with van der Waals surface area (Å²) in [4.78, 5) is 23.3. The summed E-state index contributed by atoms with van der Waals surface area (Å²) in [6.45, 7) is 1.07. The Balaban J connectivity index is 1.74. The number of ether oxygens (including phenoxy) is 2. The number of benzene rings is 1. The molecule has 0 spiro atoms. The molecular formula is C18H14ClN3O3S. The van der Waals surface area contributed by atoms with Gasteiger partial charge in [-0.05, 0) is 23.8 Å². The van der Waals surface area contributed by atoms with Crippen LogP contribution in [0.15, 0.2) is 54.7 Å². The number of anilines is 1. The number of hydrogen-bond acceptors (Lipinski definition) is 6. The molecule has 1 aliphatic heterocycles. The second-order valence-corrected chi connectivity index (χ2v) is 6.95. The van der Waals surface area contributed by atoms with Gasteiger partial charge in [-0.25, -0.2) is 4.98 Å². The molecule has 3 aromatic rings. The quantitative estimate of drug-likeness (QED) is 0.681. The third-order valence-corrected chi connectivity index (χ3v) is 5.11. The van der Waals surface area contributed by atoms with Crippen molar-refractivity contribution in [2.45, 2.75) is 6.54 Å². The minimum Gasteiger partial charge on any atom is -0.494 e. The number of aromatic nitrogens is 2. The van der Waals surface area contributed by atoms with Crippen molar-refractivity contribution in [2.75, 3.05) is 18.1 Å². The number of pyridine rings is 1. The lowest BCUT2D eigenvalue weighted by molar-refractivity contribution is -0.119. The minimum atomic E-state index is -0.316. The number of amides is 1. The molecule has 4 rings (SSSR count). The number of halogens is 1. The lowest BCUT2D eigenvalue weighted by atomic mass is 10.2. The zero-order valence-electron chi connectivity index (χ0n) is 13.6. The zero-order valence-corrected chi connectivity index (χ0v) is 15.2. The molecule has 1 aromatic carbocycles. The van der Waals surface area contributed by atoms with Gasteiger partial charge in [0.25, 0.3) is 5.91 Å². The van der Waals surface area contributed by atoms with E-state index in [1.165, 1.54) is 17.6 Å². The standard InChI is InChI=1S/C18H14ClN3O3S/c19-13-4-1-5-15-16(13)21-18(26-15)22(10-12-3-2-6-20-9-12)17(23)14-11-24-7-8-25-14/h1-6,9,11H,7-8,10H2. The average Bonchev–Trinajstić information content (AvgIpc) is 3.12. The van der Waals surface area contributed by atoms with Gasteiger partial charge in [0, 0.05) is 12.4 Å². The molecule has 3 heterocycles. The highest BCUT2D eigenvalue weighted by molar-refractivity contribution is 7.22. The molecule has 132 valence electrons. The van der Waals surface area contributed by atoms with Crippen LogP contribution in [0, 0.1) is 0 Å². The third-order valence-electron chi connectivity index (χ3n) is 3.76. The van der Waals surface area contributed by atoms with Gasteiger partial charge in [-0.3, -0.25) is 14.7 Å². The first-order valence-corrected chi connectivity index (χ1v) is 9.12. The third kappa shape index (κ3) is 3.36. The summed E-state index contributed by atoms with van der Waals surface area (Å²) >= 11 is 7.63. The van der Waals surface area contributed by atoms with Crippen molar-refractivity contribution >= 4 is 44.2 Å². The lowest BCUT2D eigenvalue weighted by Gasteiger charge is -2.23. The minimum absolute atomic E-state index is 0.158. The highest BCUT2D eigenvalue weighted by Gasteiger charge is 2.26. The van der Waals surface area contributed by atoms with Crippen LogP contribution >= 0.6 is 22.9 Å². The van der Waals surface area contributed by atoms with E-state index in [0.717, 1.165) is 10.3 Å². The van der Waals surface area contributed by atoms with Gasteiger partial charge in [0.2, 0.25) is 5.76 Å². The van der Waals surface area contributed by atoms with Gasteiger partial charge in [0.05, 0.1) is 16.3 Å². The van der Waals surface area contributed by atoms with Crippen molar-refractivity contribution in [1.82, 2.24) is 9.97 Å². The maximum absolute atomic E-state index is 13.0. The van der Waals surface area contributed by atoms with Gasteiger partial charge in [0.15, 0.2) is 5.13 Å². The van der Waals surface area contributed by atoms with Gasteiger partial charge >= 0.3 is 0 Å². The Kier molecular flexibility index (Phi) is 4.73. The molecule has 0 bridgehead atoms. The molecule has 0 aliphatic carbocycles. The van der Waals surface area contributed by atoms with E-state index < -0.39 is 0 Å². The van der Waals surface area contributed by atoms with E-state index in [1.54, 1.807) is 23.4 Å². The first kappa shape index (κ1) is 16.8. The SMILES string of the molecule is O=C(C1=COCCO1)N(Cc1cccnc1)c1nc2c(Cl)cccc2s1. The van der Waals surface area contributed by atoms with Crippen LogP contribution in [-0.4, -0.2) is 29.1 Å². The van der Waals surface area contributed by atoms with E-state index in [2.05, 4.69) is 9.97 Å². The van der Waals surface area contributed by atoms with Crippen molar-refractivity contribution < 1.29 is 14.3 Å². The Hall–Kier alpha value is -2.64. The molecule has 0 radical (unpaired) electrons. The van der Waals surface area contributed by atoms with Crippen LogP contribution in [0.25, 0.3) is 10.2 Å². The highest BCUT2D eigenvalue weighted by Crippen LogP contribution is 2.34. The van der Waals surface area contributed by atoms with Crippen molar-refractivity contribution in [3.05, 3.63) is 65.3 Å². The number of carbonyl (C=O) groups excluding carboxylic acids is 1. The fraction of sp³-hybridized carbons (Fsp3) is 0.167. The molecule has 26 heavy (non-hydrogen) atoms. The van der Waals surface area contributed by atoms with Crippen LogP contribution in [0.4, 0.5) is 5.13 Å². The number of para-hydroxylation sites is 1. The fourth-order valence-electron chi connectivity index (χ4n) is 2.53. The maximum atomic E-state index is 13.0. The van der Waals surface area contributed by atoms with Gasteiger partial charge in [0.1, 0.15) is 25.0 Å². The summed E-state index contributed by atoms with van der Waals surface area (Å²) in [5, 5.41) is 1.09. The molecule has 0 fully saturated rings. The number of nitrogens with zero attached hydrogens (tertiary/aromatic N) is 3. The summed E-state index contributed by atoms with van der Waals surface area (Å²) < 4.78 is 11.6. The Bertz CT molecular complexity index is 974. The summed E-state index contributed by atoms with van der Waals surface area (Å²) in [6, 6.07) is 9.29. The first-order chi connectivity index (χ1) is 12.7. The van der Waals surface area contributed by atoms with E-state index in [-0.39, 0.29) is 11.7 Å². The Morgan fingerprint density at radius 1 is 1.27 bits per heavy atom. The smallest absolute Gasteiger partial charge is 0.298 e. The Labute approximate surface area is 158 Å². The lowest BCUT2D eigenvalue weighted by Crippen LogP contribution is -2.33. The van der Waals surface area contributed by atoms with Crippen molar-refractivity contribution in [3.63, 3.8) is 0 Å². The Morgan fingerprint density at radius 3 is 2.92 bits per heavy atom. The van der Waals surface area contributed by atoms with Gasteiger partial charge in [-0.1, -0.05) is 35.1 Å². The molecule has 1 aliphatic rings. The summed E-state index contributed by atoms with van der Waals surface area (Å²) in [6.07, 6.45) is 4.75. The highest BCUT2D eigenvalue weighted by atomic mass is 35.5. The first-order valence-electron chi connectivity index (χ1n) is 7.93. The molecule has 2 aromatic heterocycles. The molecule has 1 amide bonds. The second-order valence-electron chi connectivity index (χ2n) is 5.54. The van der Waals surface area contributed by atoms with Crippen molar-refractivity contribution in [1.29, 1.82) is 0 Å². The second kappa shape index (κ2) is 7.31. The van der Waals surface area contributed by atoms with Gasteiger partial charge in [-0.2, -0.15) is 0 Å². The molecule has 0 saturated carbocycles. The molecular weight excluding hydrogens is 374 g/mol. The van der Waals surface area contributed by atoms with Crippen molar-refractivity contribution in [2.24, 2.45) is 0 Å². The predicted octanol–water partition coefficient (Wildman–Crippen LogP) is 3.77. The zero-order chi connectivity index (χ0) is 17.9. The normalized spacial score (nSPS) is 13.7. The predicted molar refractivity (Wildman–Crippen MR) is 100 cm³/mol. The Morgan fingerprint density at radius 2 is 2.19 bits per heavy atom. The topological polar surface area (TPSA) is 64.6 Å². The van der Waals surface area contributed by atoms with Crippen LogP contribution in [0.3, 0.4) is 0 Å². The number of thiazole rings is 1. The van der Waals surface area contributed by atoms with Gasteiger partial charge < -0.3 is 9.47 Å². The van der Waals surface area contributed by atoms with Gasteiger partial charge in [-0.15, -0.1) is 0 Å². The van der Waals surface area contributed by atoms with E-state index in [9.17, 15) is 4.79 Å². The largest absolute Gasteiger partial charge is 0.494 e. The number of rotatable bonds is 4. The van der Waals surface area contributed by atoms with Crippen molar-refractivity contribution in [3.8, 4) is 0 Å². The molecule has 0 saturated heterocycles. The van der Waals surface area contributed by atoms with E-state index in [4.69, 9.17) is 21.1 Å². The summed E-state index contributed by atoms with van der Waals surface area (Å²) in [7, 11) is 0. The molecule has 0 unspecified atom stereocenters. The summed E-state index contributed by atoms with van der Waals surface area (Å²) in [5.74, 6) is -0.158. The van der Waals surface area contributed by atoms with E-state index in [1.807, 2.05) is 24.3 Å². The monoisotopic (exact) mass is 387 g/mol. The number of fused-ring (bicyclic) bond motifs is 1. The molecule has 6 nitrogen and oxygen atoms in total. The van der Waals surface area contributed by atoms with Crippen LogP contribution in [0.5, 0.6) is 0 Å². The molecule has 0 atom stereocenters. The van der Waals surface area contributed by atoms with Crippen LogP contribution in [0.1, 0.15) is 5.56 Å². The molecule has 0 N–H and O–H groups in total. The number of hydrogen-bond donors (Lipinski definition) is 0. The van der Waals surface area contributed by atoms with E-state index >= 15 is 0 Å². The summed E-state index contributed by atoms with van der Waals surface area (Å²) in [5.41, 5.74) is 1.55. The van der Waals surface area contributed by atoms with Crippen LogP contribution < -0.4 is 4.90 Å². The van der Waals surface area contributed by atoms with E-state index in [0.29, 0.717) is 35.4 Å².